The number of aryl methyl sites for hydroxylation is 3. The molecule has 182 valence electrons. The molecule has 0 aliphatic carbocycles. The normalized spacial score (nSPS) is 14.8. The van der Waals surface area contributed by atoms with Gasteiger partial charge in [-0.15, -0.1) is 0 Å². The van der Waals surface area contributed by atoms with Crippen molar-refractivity contribution in [2.24, 2.45) is 0 Å². The minimum absolute atomic E-state index is 0.432. The second-order valence-corrected chi connectivity index (χ2v) is 9.91. The summed E-state index contributed by atoms with van der Waals surface area (Å²) < 4.78 is 32.4. The van der Waals surface area contributed by atoms with Gasteiger partial charge >= 0.3 is 0 Å². The fourth-order valence-corrected chi connectivity index (χ4v) is 4.85. The summed E-state index contributed by atoms with van der Waals surface area (Å²) in [6.45, 7) is 5.14. The molecule has 37 heavy (non-hydrogen) atoms. The highest BCUT2D eigenvalue weighted by molar-refractivity contribution is 6.08. The molecule has 0 fully saturated rings. The smallest absolute Gasteiger partial charge is 0.227 e. The molecule has 4 heteroatoms. The van der Waals surface area contributed by atoms with Crippen molar-refractivity contribution < 1.29 is 8.53 Å². The van der Waals surface area contributed by atoms with Crippen LogP contribution in [-0.2, 0) is 5.41 Å². The van der Waals surface area contributed by atoms with Gasteiger partial charge in [-0.3, -0.25) is 9.97 Å². The van der Waals surface area contributed by atoms with E-state index in [2.05, 4.69) is 4.98 Å². The summed E-state index contributed by atoms with van der Waals surface area (Å²) in [5, 5.41) is 1.87. The molecule has 0 spiro atoms. The molecule has 0 aliphatic rings. The number of furan rings is 1. The third-order valence-electron chi connectivity index (χ3n) is 6.81. The van der Waals surface area contributed by atoms with E-state index in [1.807, 2.05) is 106 Å². The molecule has 1 atom stereocenters. The Hall–Kier alpha value is -4.31. The third kappa shape index (κ3) is 4.09. The van der Waals surface area contributed by atoms with Crippen LogP contribution < -0.4 is 0 Å². The molecule has 2 aromatic carbocycles. The van der Waals surface area contributed by atoms with Gasteiger partial charge in [-0.1, -0.05) is 42.5 Å². The Balaban J connectivity index is 1.57. The van der Waals surface area contributed by atoms with Gasteiger partial charge in [-0.05, 0) is 88.1 Å². The van der Waals surface area contributed by atoms with Crippen LogP contribution in [0.1, 0.15) is 46.1 Å². The van der Waals surface area contributed by atoms with E-state index in [1.165, 1.54) is 0 Å². The summed E-state index contributed by atoms with van der Waals surface area (Å²) in [6, 6.07) is 27.4. The first-order valence-electron chi connectivity index (χ1n) is 13.9. The van der Waals surface area contributed by atoms with Crippen LogP contribution >= 0.6 is 0 Å². The van der Waals surface area contributed by atoms with Crippen LogP contribution in [0.2, 0.25) is 0 Å². The van der Waals surface area contributed by atoms with Gasteiger partial charge in [-0.2, -0.15) is 0 Å². The van der Waals surface area contributed by atoms with Crippen molar-refractivity contribution in [2.75, 3.05) is 0 Å². The molecule has 0 saturated carbocycles. The average molecular weight is 487 g/mol. The molecule has 0 bridgehead atoms. The number of pyridine rings is 3. The minimum atomic E-state index is -2.42. The number of rotatable bonds is 4. The van der Waals surface area contributed by atoms with Crippen molar-refractivity contribution in [3.63, 3.8) is 0 Å². The standard InChI is InChI=1S/C33H29N3O/c1-20-16-27(23-10-7-6-8-11-23)35-29(18-20)33(4,5)30-19-21(2)17-28(36-30)26-13-9-12-24-25-15-14-22(3)34-32(25)37-31(24)26/h6-19H,1-5H3/i4D3. The van der Waals surface area contributed by atoms with Crippen LogP contribution in [0.15, 0.2) is 89.3 Å². The van der Waals surface area contributed by atoms with Crippen LogP contribution in [0.3, 0.4) is 0 Å². The highest BCUT2D eigenvalue weighted by Gasteiger charge is 2.28. The third-order valence-corrected chi connectivity index (χ3v) is 6.81. The number of hydrogen-bond donors (Lipinski definition) is 0. The molecule has 4 heterocycles. The number of aromatic nitrogens is 3. The Kier molecular flexibility index (Phi) is 4.64. The Morgan fingerprint density at radius 1 is 0.703 bits per heavy atom. The molecule has 0 amide bonds. The second kappa shape index (κ2) is 8.67. The van der Waals surface area contributed by atoms with Crippen molar-refractivity contribution in [3.8, 4) is 22.5 Å². The van der Waals surface area contributed by atoms with Crippen LogP contribution in [-0.4, -0.2) is 15.0 Å². The molecule has 4 aromatic heterocycles. The lowest BCUT2D eigenvalue weighted by molar-refractivity contribution is 0.595. The van der Waals surface area contributed by atoms with Crippen molar-refractivity contribution >= 4 is 22.1 Å². The SMILES string of the molecule is [2H]C([2H])([2H])C(C)(c1cc(C)cc(-c2ccccc2)n1)c1cc(C)cc(-c2cccc3c2oc2nc(C)ccc23)n1. The van der Waals surface area contributed by atoms with Gasteiger partial charge in [0.25, 0.3) is 0 Å². The molecule has 0 saturated heterocycles. The maximum absolute atomic E-state index is 8.70. The zero-order valence-corrected chi connectivity index (χ0v) is 21.3. The lowest BCUT2D eigenvalue weighted by Crippen LogP contribution is -2.23. The van der Waals surface area contributed by atoms with Crippen LogP contribution in [0.5, 0.6) is 0 Å². The topological polar surface area (TPSA) is 51.8 Å². The number of fused-ring (bicyclic) bond motifs is 3. The maximum Gasteiger partial charge on any atom is 0.227 e. The molecule has 0 N–H and O–H groups in total. The van der Waals surface area contributed by atoms with Gasteiger partial charge in [0.2, 0.25) is 5.71 Å². The van der Waals surface area contributed by atoms with Crippen LogP contribution in [0.4, 0.5) is 0 Å². The van der Waals surface area contributed by atoms with Gasteiger partial charge in [0, 0.05) is 37.1 Å². The fourth-order valence-electron chi connectivity index (χ4n) is 4.85. The second-order valence-electron chi connectivity index (χ2n) is 9.91. The van der Waals surface area contributed by atoms with Crippen molar-refractivity contribution in [3.05, 3.63) is 113 Å². The average Bonchev–Trinajstić information content (AvgIpc) is 3.29. The first kappa shape index (κ1) is 19.8. The number of nitrogens with zero attached hydrogens (tertiary/aromatic N) is 3. The lowest BCUT2D eigenvalue weighted by atomic mass is 9.83. The Morgan fingerprint density at radius 3 is 2.14 bits per heavy atom. The van der Waals surface area contributed by atoms with Crippen molar-refractivity contribution in [1.82, 2.24) is 15.0 Å². The van der Waals surface area contributed by atoms with Gasteiger partial charge < -0.3 is 4.42 Å². The van der Waals surface area contributed by atoms with E-state index >= 15 is 0 Å². The summed E-state index contributed by atoms with van der Waals surface area (Å²) in [7, 11) is 0. The predicted octanol–water partition coefficient (Wildman–Crippen LogP) is 8.36. The van der Waals surface area contributed by atoms with Gasteiger partial charge in [-0.25, -0.2) is 4.98 Å². The largest absolute Gasteiger partial charge is 0.437 e. The number of benzene rings is 2. The van der Waals surface area contributed by atoms with E-state index in [0.29, 0.717) is 28.4 Å². The Morgan fingerprint density at radius 2 is 1.41 bits per heavy atom. The molecular formula is C33H29N3O. The summed E-state index contributed by atoms with van der Waals surface area (Å²) in [4.78, 5) is 14.5. The van der Waals surface area contributed by atoms with Crippen LogP contribution in [0, 0.1) is 20.8 Å². The van der Waals surface area contributed by atoms with Crippen molar-refractivity contribution in [1.29, 1.82) is 0 Å². The molecule has 4 nitrogen and oxygen atoms in total. The number of para-hydroxylation sites is 1. The minimum Gasteiger partial charge on any atom is -0.437 e. The van der Waals surface area contributed by atoms with E-state index in [-0.39, 0.29) is 0 Å². The molecule has 0 radical (unpaired) electrons. The van der Waals surface area contributed by atoms with Gasteiger partial charge in [0.05, 0.1) is 22.8 Å². The quantitative estimate of drug-likeness (QED) is 0.251. The summed E-state index contributed by atoms with van der Waals surface area (Å²) in [6.07, 6.45) is 0. The van der Waals surface area contributed by atoms with Crippen molar-refractivity contribution in [2.45, 2.75) is 40.0 Å². The van der Waals surface area contributed by atoms with Gasteiger partial charge in [0.15, 0.2) is 0 Å². The monoisotopic (exact) mass is 486 g/mol. The number of hydrogen-bond acceptors (Lipinski definition) is 4. The van der Waals surface area contributed by atoms with E-state index in [4.69, 9.17) is 18.5 Å². The lowest BCUT2D eigenvalue weighted by Gasteiger charge is -2.26. The zero-order chi connectivity index (χ0) is 28.2. The summed E-state index contributed by atoms with van der Waals surface area (Å²) in [5.74, 6) is 0. The van der Waals surface area contributed by atoms with Gasteiger partial charge in [0.1, 0.15) is 5.58 Å². The maximum atomic E-state index is 8.70. The molecule has 0 aliphatic heterocycles. The Bertz CT molecular complexity index is 1890. The van der Waals surface area contributed by atoms with E-state index in [1.54, 1.807) is 6.92 Å². The predicted molar refractivity (Wildman–Crippen MR) is 151 cm³/mol. The molecule has 6 rings (SSSR count). The first-order chi connectivity index (χ1) is 19.0. The van der Waals surface area contributed by atoms with E-state index in [0.717, 1.165) is 44.4 Å². The summed E-state index contributed by atoms with van der Waals surface area (Å²) in [5.41, 5.74) is 6.45. The molecule has 1 unspecified atom stereocenters. The molecular weight excluding hydrogens is 454 g/mol. The first-order valence-corrected chi connectivity index (χ1v) is 12.4. The van der Waals surface area contributed by atoms with E-state index < -0.39 is 12.3 Å². The zero-order valence-electron chi connectivity index (χ0n) is 24.3. The van der Waals surface area contributed by atoms with Crippen LogP contribution in [0.25, 0.3) is 44.6 Å². The highest BCUT2D eigenvalue weighted by atomic mass is 16.3. The summed E-state index contributed by atoms with van der Waals surface area (Å²) >= 11 is 0. The fraction of sp³-hybridized carbons (Fsp3) is 0.182. The highest BCUT2D eigenvalue weighted by Crippen LogP contribution is 2.37. The Labute approximate surface area is 221 Å². The molecule has 6 aromatic rings. The van der Waals surface area contributed by atoms with E-state index in [9.17, 15) is 0 Å².